The van der Waals surface area contributed by atoms with Crippen LogP contribution in [0.1, 0.15) is 40.6 Å². The molecule has 2 rings (SSSR count). The molecular formula is C17H21NO3S. The van der Waals surface area contributed by atoms with Crippen molar-refractivity contribution in [1.82, 2.24) is 0 Å². The van der Waals surface area contributed by atoms with Crippen LogP contribution in [0.25, 0.3) is 11.1 Å². The van der Waals surface area contributed by atoms with E-state index in [0.717, 1.165) is 27.3 Å². The molecule has 0 atom stereocenters. The molecule has 0 saturated carbocycles. The van der Waals surface area contributed by atoms with Gasteiger partial charge in [-0.1, -0.05) is 19.9 Å². The van der Waals surface area contributed by atoms with E-state index in [1.54, 1.807) is 7.11 Å². The van der Waals surface area contributed by atoms with E-state index in [-0.39, 0.29) is 5.92 Å². The Morgan fingerprint density at radius 1 is 1.27 bits per heavy atom. The lowest BCUT2D eigenvalue weighted by atomic mass is 9.95. The Kier molecular flexibility index (Phi) is 4.76. The highest BCUT2D eigenvalue weighted by Gasteiger charge is 2.25. The number of aryl methyl sites for hydroxylation is 1. The standard InChI is InChI=1S/C17H21NO3S/c1-9(2)15-13(14(16(18)22-15)17(19)21-5)11-6-7-12(20-4)10(3)8-11/h6-9H,18H2,1-5H3. The van der Waals surface area contributed by atoms with E-state index < -0.39 is 5.97 Å². The average Bonchev–Trinajstić information content (AvgIpc) is 2.84. The smallest absolute Gasteiger partial charge is 0.341 e. The van der Waals surface area contributed by atoms with Gasteiger partial charge in [-0.2, -0.15) is 0 Å². The van der Waals surface area contributed by atoms with Crippen molar-refractivity contribution in [3.8, 4) is 16.9 Å². The number of ether oxygens (including phenoxy) is 2. The summed E-state index contributed by atoms with van der Waals surface area (Å²) >= 11 is 1.45. The van der Waals surface area contributed by atoms with E-state index in [4.69, 9.17) is 15.2 Å². The lowest BCUT2D eigenvalue weighted by Crippen LogP contribution is -2.05. The molecule has 2 aromatic rings. The fourth-order valence-electron chi connectivity index (χ4n) is 2.50. The summed E-state index contributed by atoms with van der Waals surface area (Å²) < 4.78 is 10.2. The van der Waals surface area contributed by atoms with Crippen molar-refractivity contribution in [2.75, 3.05) is 20.0 Å². The van der Waals surface area contributed by atoms with E-state index >= 15 is 0 Å². The Labute approximate surface area is 134 Å². The first-order chi connectivity index (χ1) is 10.4. The monoisotopic (exact) mass is 319 g/mol. The Hall–Kier alpha value is -2.01. The molecule has 0 aliphatic rings. The Morgan fingerprint density at radius 3 is 2.45 bits per heavy atom. The lowest BCUT2D eigenvalue weighted by Gasteiger charge is -2.12. The zero-order valence-corrected chi connectivity index (χ0v) is 14.3. The van der Waals surface area contributed by atoms with Crippen molar-refractivity contribution in [3.63, 3.8) is 0 Å². The number of methoxy groups -OCH3 is 2. The minimum atomic E-state index is -0.399. The van der Waals surface area contributed by atoms with Gasteiger partial charge >= 0.3 is 5.97 Å². The molecule has 0 radical (unpaired) electrons. The summed E-state index contributed by atoms with van der Waals surface area (Å²) in [6.07, 6.45) is 0. The first-order valence-corrected chi connectivity index (χ1v) is 7.87. The van der Waals surface area contributed by atoms with E-state index in [0.29, 0.717) is 10.6 Å². The SMILES string of the molecule is COC(=O)c1c(N)sc(C(C)C)c1-c1ccc(OC)c(C)c1. The molecule has 4 nitrogen and oxygen atoms in total. The largest absolute Gasteiger partial charge is 0.496 e. The summed E-state index contributed by atoms with van der Waals surface area (Å²) in [5.74, 6) is 0.685. The van der Waals surface area contributed by atoms with Crippen LogP contribution in [0, 0.1) is 6.92 Å². The van der Waals surface area contributed by atoms with E-state index in [2.05, 4.69) is 13.8 Å². The second-order valence-electron chi connectivity index (χ2n) is 5.41. The number of hydrogen-bond donors (Lipinski definition) is 1. The predicted octanol–water partition coefficient (Wildman–Crippen LogP) is 4.22. The molecule has 1 aromatic heterocycles. The van der Waals surface area contributed by atoms with Gasteiger partial charge < -0.3 is 15.2 Å². The number of benzene rings is 1. The molecule has 0 amide bonds. The molecule has 0 unspecified atom stereocenters. The quantitative estimate of drug-likeness (QED) is 0.857. The van der Waals surface area contributed by atoms with Gasteiger partial charge in [0.2, 0.25) is 0 Å². The molecule has 118 valence electrons. The molecule has 1 aromatic carbocycles. The Morgan fingerprint density at radius 2 is 1.95 bits per heavy atom. The third kappa shape index (κ3) is 2.81. The number of hydrogen-bond acceptors (Lipinski definition) is 5. The van der Waals surface area contributed by atoms with Gasteiger partial charge in [-0.15, -0.1) is 11.3 Å². The van der Waals surface area contributed by atoms with Crippen LogP contribution in [0.15, 0.2) is 18.2 Å². The van der Waals surface area contributed by atoms with E-state index in [9.17, 15) is 4.79 Å². The topological polar surface area (TPSA) is 61.5 Å². The molecular weight excluding hydrogens is 298 g/mol. The fraction of sp³-hybridized carbons (Fsp3) is 0.353. The molecule has 2 N–H and O–H groups in total. The third-order valence-electron chi connectivity index (χ3n) is 3.56. The van der Waals surface area contributed by atoms with Crippen molar-refractivity contribution < 1.29 is 14.3 Å². The Bertz CT molecular complexity index is 704. The van der Waals surface area contributed by atoms with Gasteiger partial charge in [0.25, 0.3) is 0 Å². The van der Waals surface area contributed by atoms with Crippen LogP contribution in [0.3, 0.4) is 0 Å². The maximum atomic E-state index is 12.2. The lowest BCUT2D eigenvalue weighted by molar-refractivity contribution is 0.0603. The highest BCUT2D eigenvalue weighted by Crippen LogP contribution is 2.43. The summed E-state index contributed by atoms with van der Waals surface area (Å²) in [5, 5.41) is 0.499. The summed E-state index contributed by atoms with van der Waals surface area (Å²) in [6, 6.07) is 5.87. The van der Waals surface area contributed by atoms with Crippen LogP contribution in [0.4, 0.5) is 5.00 Å². The highest BCUT2D eigenvalue weighted by atomic mass is 32.1. The van der Waals surface area contributed by atoms with Gasteiger partial charge in [-0.3, -0.25) is 0 Å². The fourth-order valence-corrected chi connectivity index (χ4v) is 3.58. The maximum absolute atomic E-state index is 12.2. The molecule has 0 saturated heterocycles. The number of anilines is 1. The number of thiophene rings is 1. The molecule has 0 fully saturated rings. The molecule has 0 aliphatic carbocycles. The van der Waals surface area contributed by atoms with Crippen LogP contribution in [0.5, 0.6) is 5.75 Å². The molecule has 1 heterocycles. The number of nitrogen functional groups attached to an aromatic ring is 1. The first-order valence-electron chi connectivity index (χ1n) is 7.06. The first kappa shape index (κ1) is 16.4. The Balaban J connectivity index is 2.71. The third-order valence-corrected chi connectivity index (χ3v) is 4.88. The zero-order chi connectivity index (χ0) is 16.4. The maximum Gasteiger partial charge on any atom is 0.341 e. The highest BCUT2D eigenvalue weighted by molar-refractivity contribution is 7.17. The van der Waals surface area contributed by atoms with Crippen molar-refractivity contribution >= 4 is 22.3 Å². The normalized spacial score (nSPS) is 10.8. The van der Waals surface area contributed by atoms with Crippen LogP contribution >= 0.6 is 11.3 Å². The van der Waals surface area contributed by atoms with Crippen LogP contribution < -0.4 is 10.5 Å². The molecule has 0 spiro atoms. The minimum Gasteiger partial charge on any atom is -0.496 e. The number of rotatable bonds is 4. The summed E-state index contributed by atoms with van der Waals surface area (Å²) in [7, 11) is 3.02. The van der Waals surface area contributed by atoms with E-state index in [1.165, 1.54) is 18.4 Å². The van der Waals surface area contributed by atoms with Gasteiger partial charge in [-0.25, -0.2) is 4.79 Å². The van der Waals surface area contributed by atoms with Gasteiger partial charge in [0.05, 0.1) is 14.2 Å². The summed E-state index contributed by atoms with van der Waals surface area (Å²) in [5.41, 5.74) is 9.37. The van der Waals surface area contributed by atoms with Crippen LogP contribution in [-0.2, 0) is 4.74 Å². The van der Waals surface area contributed by atoms with Crippen molar-refractivity contribution in [2.45, 2.75) is 26.7 Å². The number of esters is 1. The molecule has 0 bridgehead atoms. The van der Waals surface area contributed by atoms with Crippen LogP contribution in [-0.4, -0.2) is 20.2 Å². The number of carbonyl (C=O) groups is 1. The molecule has 22 heavy (non-hydrogen) atoms. The predicted molar refractivity (Wildman–Crippen MR) is 90.9 cm³/mol. The van der Waals surface area contributed by atoms with Gasteiger partial charge in [0, 0.05) is 10.4 Å². The minimum absolute atomic E-state index is 0.267. The number of carbonyl (C=O) groups excluding carboxylic acids is 1. The van der Waals surface area contributed by atoms with Gasteiger partial charge in [0.1, 0.15) is 16.3 Å². The second kappa shape index (κ2) is 6.40. The van der Waals surface area contributed by atoms with Crippen molar-refractivity contribution in [3.05, 3.63) is 34.2 Å². The number of nitrogens with two attached hydrogens (primary N) is 1. The summed E-state index contributed by atoms with van der Waals surface area (Å²) in [6.45, 7) is 6.16. The van der Waals surface area contributed by atoms with Crippen molar-refractivity contribution in [2.24, 2.45) is 0 Å². The molecule has 0 aliphatic heterocycles. The van der Waals surface area contributed by atoms with Crippen LogP contribution in [0.2, 0.25) is 0 Å². The molecule has 5 heteroatoms. The van der Waals surface area contributed by atoms with Gasteiger partial charge in [-0.05, 0) is 36.1 Å². The van der Waals surface area contributed by atoms with Gasteiger partial charge in [0.15, 0.2) is 0 Å². The van der Waals surface area contributed by atoms with E-state index in [1.807, 2.05) is 25.1 Å². The average molecular weight is 319 g/mol. The zero-order valence-electron chi connectivity index (χ0n) is 13.5. The summed E-state index contributed by atoms with van der Waals surface area (Å²) in [4.78, 5) is 13.2. The second-order valence-corrected chi connectivity index (χ2v) is 6.50. The van der Waals surface area contributed by atoms with Crippen molar-refractivity contribution in [1.29, 1.82) is 0 Å².